The molecule has 0 aliphatic carbocycles. The van der Waals surface area contributed by atoms with Crippen LogP contribution >= 0.6 is 0 Å². The lowest BCUT2D eigenvalue weighted by Crippen LogP contribution is -2.11. The number of nitrogens with one attached hydrogen (secondary N) is 1. The Hall–Kier alpha value is -1.63. The average molecular weight is 285 g/mol. The van der Waals surface area contributed by atoms with Crippen molar-refractivity contribution in [3.05, 3.63) is 23.5 Å². The molecule has 104 valence electrons. The van der Waals surface area contributed by atoms with Crippen LogP contribution in [0.3, 0.4) is 0 Å². The summed E-state index contributed by atoms with van der Waals surface area (Å²) in [6.07, 6.45) is 1.82. The monoisotopic (exact) mass is 285 g/mol. The SMILES string of the molecule is C[C@@H]1Cc2cc(F)c(S(=O)(=O)N=CN(C)C)cc2N1. The van der Waals surface area contributed by atoms with Crippen LogP contribution in [0, 0.1) is 5.82 Å². The van der Waals surface area contributed by atoms with Gasteiger partial charge in [-0.2, -0.15) is 8.42 Å². The lowest BCUT2D eigenvalue weighted by atomic mass is 10.1. The summed E-state index contributed by atoms with van der Waals surface area (Å²) in [7, 11) is -0.732. The van der Waals surface area contributed by atoms with Gasteiger partial charge in [0, 0.05) is 25.8 Å². The fourth-order valence-electron chi connectivity index (χ4n) is 1.95. The summed E-state index contributed by atoms with van der Waals surface area (Å²) in [6.45, 7) is 1.95. The molecule has 0 fully saturated rings. The molecule has 1 heterocycles. The normalized spacial score (nSPS) is 18.4. The summed E-state index contributed by atoms with van der Waals surface area (Å²) in [5.74, 6) is -0.759. The number of nitrogens with zero attached hydrogens (tertiary/aromatic N) is 2. The van der Waals surface area contributed by atoms with Gasteiger partial charge in [-0.15, -0.1) is 4.40 Å². The van der Waals surface area contributed by atoms with E-state index >= 15 is 0 Å². The van der Waals surface area contributed by atoms with Crippen LogP contribution in [-0.2, 0) is 16.4 Å². The van der Waals surface area contributed by atoms with Crippen LogP contribution < -0.4 is 5.32 Å². The Morgan fingerprint density at radius 1 is 1.47 bits per heavy atom. The molecular formula is C12H16FN3O2S. The highest BCUT2D eigenvalue weighted by molar-refractivity contribution is 7.90. The van der Waals surface area contributed by atoms with Gasteiger partial charge in [0.05, 0.1) is 0 Å². The first kappa shape index (κ1) is 13.8. The van der Waals surface area contributed by atoms with Gasteiger partial charge in [-0.25, -0.2) is 4.39 Å². The predicted molar refractivity (Wildman–Crippen MR) is 72.6 cm³/mol. The fraction of sp³-hybridized carbons (Fsp3) is 0.417. The zero-order chi connectivity index (χ0) is 14.2. The molecule has 0 bridgehead atoms. The van der Waals surface area contributed by atoms with Crippen molar-refractivity contribution in [1.29, 1.82) is 0 Å². The Morgan fingerprint density at radius 3 is 2.79 bits per heavy atom. The first-order chi connectivity index (χ1) is 8.79. The third-order valence-corrected chi connectivity index (χ3v) is 4.02. The van der Waals surface area contributed by atoms with Crippen molar-refractivity contribution >= 4 is 22.0 Å². The molecule has 1 aliphatic heterocycles. The summed E-state index contributed by atoms with van der Waals surface area (Å²) in [4.78, 5) is 1.08. The minimum Gasteiger partial charge on any atom is -0.382 e. The van der Waals surface area contributed by atoms with Crippen molar-refractivity contribution in [2.24, 2.45) is 4.40 Å². The Kier molecular flexibility index (Phi) is 3.49. The maximum absolute atomic E-state index is 13.9. The Bertz CT molecular complexity index is 626. The van der Waals surface area contributed by atoms with E-state index in [1.807, 2.05) is 6.92 Å². The minimum absolute atomic E-state index is 0.178. The van der Waals surface area contributed by atoms with E-state index in [0.717, 1.165) is 11.9 Å². The summed E-state index contributed by atoms with van der Waals surface area (Å²) < 4.78 is 41.2. The third-order valence-electron chi connectivity index (χ3n) is 2.78. The van der Waals surface area contributed by atoms with Crippen LogP contribution in [0.2, 0.25) is 0 Å². The molecule has 0 aromatic heterocycles. The number of anilines is 1. The number of halogens is 1. The van der Waals surface area contributed by atoms with Gasteiger partial charge in [0.1, 0.15) is 17.1 Å². The van der Waals surface area contributed by atoms with E-state index in [9.17, 15) is 12.8 Å². The molecule has 0 saturated carbocycles. The number of hydrogen-bond donors (Lipinski definition) is 1. The quantitative estimate of drug-likeness (QED) is 0.674. The van der Waals surface area contributed by atoms with Crippen LogP contribution in [0.1, 0.15) is 12.5 Å². The Morgan fingerprint density at radius 2 is 2.16 bits per heavy atom. The zero-order valence-electron chi connectivity index (χ0n) is 11.0. The fourth-order valence-corrected chi connectivity index (χ4v) is 2.95. The highest BCUT2D eigenvalue weighted by Crippen LogP contribution is 2.31. The van der Waals surface area contributed by atoms with Crippen LogP contribution in [0.5, 0.6) is 0 Å². The van der Waals surface area contributed by atoms with Gasteiger partial charge in [0.25, 0.3) is 10.0 Å². The lowest BCUT2D eigenvalue weighted by molar-refractivity contribution is 0.566. The number of fused-ring (bicyclic) bond motifs is 1. The van der Waals surface area contributed by atoms with Crippen molar-refractivity contribution in [2.45, 2.75) is 24.3 Å². The van der Waals surface area contributed by atoms with E-state index in [1.54, 1.807) is 14.1 Å². The lowest BCUT2D eigenvalue weighted by Gasteiger charge is -2.07. The predicted octanol–water partition coefficient (Wildman–Crippen LogP) is 1.46. The third kappa shape index (κ3) is 2.86. The van der Waals surface area contributed by atoms with Crippen molar-refractivity contribution in [1.82, 2.24) is 4.90 Å². The molecule has 0 saturated heterocycles. The van der Waals surface area contributed by atoms with Gasteiger partial charge in [-0.3, -0.25) is 0 Å². The second-order valence-corrected chi connectivity index (χ2v) is 6.45. The summed E-state index contributed by atoms with van der Waals surface area (Å²) >= 11 is 0. The molecule has 1 N–H and O–H groups in total. The molecule has 1 aromatic rings. The van der Waals surface area contributed by atoms with Crippen LogP contribution in [-0.4, -0.2) is 39.8 Å². The van der Waals surface area contributed by atoms with Gasteiger partial charge >= 0.3 is 0 Å². The van der Waals surface area contributed by atoms with Crippen LogP contribution in [0.25, 0.3) is 0 Å². The van der Waals surface area contributed by atoms with E-state index in [2.05, 4.69) is 9.71 Å². The smallest absolute Gasteiger partial charge is 0.286 e. The van der Waals surface area contributed by atoms with E-state index in [-0.39, 0.29) is 6.04 Å². The molecular weight excluding hydrogens is 269 g/mol. The van der Waals surface area contributed by atoms with Crippen molar-refractivity contribution < 1.29 is 12.8 Å². The summed E-state index contributed by atoms with van der Waals surface area (Å²) in [6, 6.07) is 2.76. The maximum atomic E-state index is 13.9. The van der Waals surface area contributed by atoms with Gasteiger partial charge in [-0.1, -0.05) is 0 Å². The van der Waals surface area contributed by atoms with E-state index in [0.29, 0.717) is 12.1 Å². The van der Waals surface area contributed by atoms with Crippen molar-refractivity contribution in [3.63, 3.8) is 0 Å². The van der Waals surface area contributed by atoms with Crippen LogP contribution in [0.15, 0.2) is 21.4 Å². The molecule has 1 aliphatic rings. The topological polar surface area (TPSA) is 61.8 Å². The Balaban J connectivity index is 2.44. The minimum atomic E-state index is -4.01. The highest BCUT2D eigenvalue weighted by atomic mass is 32.2. The van der Waals surface area contributed by atoms with Gasteiger partial charge < -0.3 is 10.2 Å². The average Bonchev–Trinajstić information content (AvgIpc) is 2.64. The molecule has 7 heteroatoms. The second kappa shape index (κ2) is 4.80. The molecule has 0 amide bonds. The maximum Gasteiger partial charge on any atom is 0.286 e. The number of hydrogen-bond acceptors (Lipinski definition) is 3. The van der Waals surface area contributed by atoms with Crippen molar-refractivity contribution in [2.75, 3.05) is 19.4 Å². The van der Waals surface area contributed by atoms with Crippen LogP contribution in [0.4, 0.5) is 10.1 Å². The molecule has 0 spiro atoms. The summed E-state index contributed by atoms with van der Waals surface area (Å²) in [5.41, 5.74) is 1.45. The van der Waals surface area contributed by atoms with Crippen molar-refractivity contribution in [3.8, 4) is 0 Å². The van der Waals surface area contributed by atoms with Gasteiger partial charge in [-0.05, 0) is 31.0 Å². The highest BCUT2D eigenvalue weighted by Gasteiger charge is 2.24. The molecule has 0 radical (unpaired) electrons. The van der Waals surface area contributed by atoms with Gasteiger partial charge in [0.15, 0.2) is 0 Å². The number of rotatable bonds is 3. The molecule has 5 nitrogen and oxygen atoms in total. The second-order valence-electron chi connectivity index (χ2n) is 4.85. The van der Waals surface area contributed by atoms with E-state index < -0.39 is 20.7 Å². The molecule has 1 atom stereocenters. The standard InChI is InChI=1S/C12H16FN3O2S/c1-8-4-9-5-10(13)12(6-11(9)15-8)19(17,18)14-7-16(2)3/h5-8,15H,4H2,1-3H3/t8-/m1/s1. The molecule has 0 unspecified atom stereocenters. The first-order valence-corrected chi connectivity index (χ1v) is 7.29. The van der Waals surface area contributed by atoms with E-state index in [1.165, 1.54) is 17.0 Å². The molecule has 19 heavy (non-hydrogen) atoms. The molecule has 2 rings (SSSR count). The number of sulfonamides is 1. The zero-order valence-corrected chi connectivity index (χ0v) is 11.8. The summed E-state index contributed by atoms with van der Waals surface area (Å²) in [5, 5.41) is 3.11. The first-order valence-electron chi connectivity index (χ1n) is 5.85. The number of benzene rings is 1. The Labute approximate surface area is 112 Å². The van der Waals surface area contributed by atoms with Gasteiger partial charge in [0.2, 0.25) is 0 Å². The van der Waals surface area contributed by atoms with E-state index in [4.69, 9.17) is 0 Å². The molecule has 1 aromatic carbocycles. The largest absolute Gasteiger partial charge is 0.382 e.